The fraction of sp³-hybridized carbons (Fsp3) is 0.263. The minimum Gasteiger partial charge on any atom is -0.478 e. The number of nitrogens with zero attached hydrogens (tertiary/aromatic N) is 1. The van der Waals surface area contributed by atoms with E-state index in [9.17, 15) is 9.59 Å². The van der Waals surface area contributed by atoms with Crippen molar-refractivity contribution in [2.45, 2.75) is 19.1 Å². The molecule has 1 aliphatic rings. The van der Waals surface area contributed by atoms with Crippen molar-refractivity contribution in [3.8, 4) is 0 Å². The van der Waals surface area contributed by atoms with Gasteiger partial charge in [0.15, 0.2) is 6.10 Å². The first-order valence-electron chi connectivity index (χ1n) is 7.82. The molecule has 0 unspecified atom stereocenters. The minimum absolute atomic E-state index is 0.102. The highest BCUT2D eigenvalue weighted by Gasteiger charge is 2.28. The number of methoxy groups -OCH3 is 1. The lowest BCUT2D eigenvalue weighted by molar-refractivity contribution is -0.143. The van der Waals surface area contributed by atoms with Gasteiger partial charge in [-0.2, -0.15) is 0 Å². The van der Waals surface area contributed by atoms with E-state index in [0.29, 0.717) is 19.5 Å². The summed E-state index contributed by atoms with van der Waals surface area (Å²) in [5.74, 6) is -1.06. The average molecular weight is 325 g/mol. The highest BCUT2D eigenvalue weighted by atomic mass is 16.5. The molecule has 24 heavy (non-hydrogen) atoms. The van der Waals surface area contributed by atoms with Crippen LogP contribution in [0.3, 0.4) is 0 Å². The highest BCUT2D eigenvalue weighted by Crippen LogP contribution is 2.25. The standard InChI is InChI=1S/C19H19NO4/c1-24-17(14-5-3-2-4-6-14)18(21)20-10-9-13-7-8-15(19(22)23)11-16(13)12-20/h2-8,11,17H,9-10,12H2,1H3,(H,22,23)/t17-/m1/s1. The van der Waals surface area contributed by atoms with Crippen LogP contribution >= 0.6 is 0 Å². The number of aromatic carboxylic acids is 1. The first-order chi connectivity index (χ1) is 11.6. The smallest absolute Gasteiger partial charge is 0.335 e. The lowest BCUT2D eigenvalue weighted by atomic mass is 9.96. The van der Waals surface area contributed by atoms with Crippen LogP contribution in [0.5, 0.6) is 0 Å². The number of ether oxygens (including phenoxy) is 1. The minimum atomic E-state index is -0.958. The van der Waals surface area contributed by atoms with Crippen LogP contribution < -0.4 is 0 Å². The maximum Gasteiger partial charge on any atom is 0.335 e. The van der Waals surface area contributed by atoms with Crippen molar-refractivity contribution in [1.29, 1.82) is 0 Å². The molecule has 2 aromatic rings. The van der Waals surface area contributed by atoms with Gasteiger partial charge in [-0.15, -0.1) is 0 Å². The number of rotatable bonds is 4. The predicted octanol–water partition coefficient (Wildman–Crippen LogP) is 2.66. The van der Waals surface area contributed by atoms with Gasteiger partial charge in [-0.1, -0.05) is 36.4 Å². The summed E-state index contributed by atoms with van der Waals surface area (Å²) in [5, 5.41) is 9.14. The number of hydrogen-bond donors (Lipinski definition) is 1. The lowest BCUT2D eigenvalue weighted by Gasteiger charge is -2.31. The van der Waals surface area contributed by atoms with Crippen LogP contribution in [-0.4, -0.2) is 35.5 Å². The van der Waals surface area contributed by atoms with Crippen molar-refractivity contribution in [2.24, 2.45) is 0 Å². The van der Waals surface area contributed by atoms with Gasteiger partial charge in [-0.3, -0.25) is 4.79 Å². The lowest BCUT2D eigenvalue weighted by Crippen LogP contribution is -2.39. The van der Waals surface area contributed by atoms with Gasteiger partial charge in [0.25, 0.3) is 5.91 Å². The summed E-state index contributed by atoms with van der Waals surface area (Å²) < 4.78 is 5.42. The van der Waals surface area contributed by atoms with Crippen molar-refractivity contribution in [3.63, 3.8) is 0 Å². The monoisotopic (exact) mass is 325 g/mol. The molecule has 0 aromatic heterocycles. The molecule has 3 rings (SSSR count). The molecule has 0 aliphatic carbocycles. The van der Waals surface area contributed by atoms with Crippen LogP contribution in [0, 0.1) is 0 Å². The zero-order chi connectivity index (χ0) is 17.1. The second-order valence-electron chi connectivity index (χ2n) is 5.82. The summed E-state index contributed by atoms with van der Waals surface area (Å²) in [5.41, 5.74) is 3.04. The van der Waals surface area contributed by atoms with Crippen LogP contribution in [0.25, 0.3) is 0 Å². The maximum absolute atomic E-state index is 12.8. The van der Waals surface area contributed by atoms with Crippen molar-refractivity contribution in [2.75, 3.05) is 13.7 Å². The van der Waals surface area contributed by atoms with E-state index in [0.717, 1.165) is 16.7 Å². The number of carbonyl (C=O) groups excluding carboxylic acids is 1. The normalized spacial score (nSPS) is 14.8. The summed E-state index contributed by atoms with van der Waals surface area (Å²) in [6, 6.07) is 14.5. The van der Waals surface area contributed by atoms with Crippen LogP contribution in [0.4, 0.5) is 0 Å². The molecule has 1 aliphatic heterocycles. The van der Waals surface area contributed by atoms with Crippen molar-refractivity contribution < 1.29 is 19.4 Å². The predicted molar refractivity (Wildman–Crippen MR) is 88.7 cm³/mol. The van der Waals surface area contributed by atoms with Gasteiger partial charge in [0, 0.05) is 20.2 Å². The van der Waals surface area contributed by atoms with Gasteiger partial charge in [0.1, 0.15) is 0 Å². The van der Waals surface area contributed by atoms with Crippen molar-refractivity contribution in [3.05, 3.63) is 70.8 Å². The summed E-state index contributed by atoms with van der Waals surface area (Å²) in [6.07, 6.45) is 0.0713. The maximum atomic E-state index is 12.8. The van der Waals surface area contributed by atoms with Crippen LogP contribution in [-0.2, 0) is 22.5 Å². The number of carboxylic acids is 1. The molecule has 5 heteroatoms. The molecule has 5 nitrogen and oxygen atoms in total. The number of hydrogen-bond acceptors (Lipinski definition) is 3. The van der Waals surface area contributed by atoms with Gasteiger partial charge in [0.05, 0.1) is 5.56 Å². The molecule has 0 fully saturated rings. The fourth-order valence-corrected chi connectivity index (χ4v) is 3.05. The van der Waals surface area contributed by atoms with Crippen LogP contribution in [0.15, 0.2) is 48.5 Å². The number of carboxylic acid groups (broad SMARTS) is 1. The molecular weight excluding hydrogens is 306 g/mol. The molecule has 124 valence electrons. The molecule has 1 amide bonds. The van der Waals surface area contributed by atoms with E-state index in [1.54, 1.807) is 17.0 Å². The Labute approximate surface area is 140 Å². The van der Waals surface area contributed by atoms with E-state index >= 15 is 0 Å². The largest absolute Gasteiger partial charge is 0.478 e. The second kappa shape index (κ2) is 6.84. The molecule has 2 aromatic carbocycles. The SMILES string of the molecule is CO[C@@H](C(=O)N1CCc2ccc(C(=O)O)cc2C1)c1ccccc1. The third-order valence-electron chi connectivity index (χ3n) is 4.34. The number of carbonyl (C=O) groups is 2. The molecule has 0 spiro atoms. The average Bonchev–Trinajstić information content (AvgIpc) is 2.62. The Morgan fingerprint density at radius 1 is 1.12 bits per heavy atom. The summed E-state index contributed by atoms with van der Waals surface area (Å²) in [4.78, 5) is 25.7. The topological polar surface area (TPSA) is 66.8 Å². The van der Waals surface area contributed by atoms with Crippen molar-refractivity contribution in [1.82, 2.24) is 4.90 Å². The molecule has 1 heterocycles. The van der Waals surface area contributed by atoms with Crippen LogP contribution in [0.1, 0.15) is 33.2 Å². The van der Waals surface area contributed by atoms with E-state index in [-0.39, 0.29) is 11.5 Å². The molecular formula is C19H19NO4. The Morgan fingerprint density at radius 2 is 1.88 bits per heavy atom. The molecule has 0 saturated heterocycles. The van der Waals surface area contributed by atoms with Gasteiger partial charge >= 0.3 is 5.97 Å². The molecule has 1 N–H and O–H groups in total. The molecule has 0 saturated carbocycles. The molecule has 0 radical (unpaired) electrons. The van der Waals surface area contributed by atoms with Crippen LogP contribution in [0.2, 0.25) is 0 Å². The van der Waals surface area contributed by atoms with E-state index in [2.05, 4.69) is 0 Å². The van der Waals surface area contributed by atoms with E-state index in [4.69, 9.17) is 9.84 Å². The van der Waals surface area contributed by atoms with E-state index in [1.807, 2.05) is 36.4 Å². The summed E-state index contributed by atoms with van der Waals surface area (Å²) in [7, 11) is 1.52. The Bertz CT molecular complexity index is 757. The number of amides is 1. The van der Waals surface area contributed by atoms with Crippen molar-refractivity contribution >= 4 is 11.9 Å². The Kier molecular flexibility index (Phi) is 4.62. The Morgan fingerprint density at radius 3 is 2.54 bits per heavy atom. The summed E-state index contributed by atoms with van der Waals surface area (Å²) >= 11 is 0. The zero-order valence-corrected chi connectivity index (χ0v) is 13.4. The van der Waals surface area contributed by atoms with Gasteiger partial charge in [-0.25, -0.2) is 4.79 Å². The number of fused-ring (bicyclic) bond motifs is 1. The third-order valence-corrected chi connectivity index (χ3v) is 4.34. The molecule has 1 atom stereocenters. The fourth-order valence-electron chi connectivity index (χ4n) is 3.05. The quantitative estimate of drug-likeness (QED) is 0.938. The van der Waals surface area contributed by atoms with E-state index in [1.165, 1.54) is 7.11 Å². The summed E-state index contributed by atoms with van der Waals surface area (Å²) in [6.45, 7) is 1.01. The zero-order valence-electron chi connectivity index (χ0n) is 13.4. The first-order valence-corrected chi connectivity index (χ1v) is 7.82. The second-order valence-corrected chi connectivity index (χ2v) is 5.82. The van der Waals surface area contributed by atoms with Gasteiger partial charge < -0.3 is 14.7 Å². The molecule has 0 bridgehead atoms. The third kappa shape index (κ3) is 3.16. The Hall–Kier alpha value is -2.66. The van der Waals surface area contributed by atoms with Gasteiger partial charge in [0.2, 0.25) is 0 Å². The Balaban J connectivity index is 1.82. The first kappa shape index (κ1) is 16.2. The highest BCUT2D eigenvalue weighted by molar-refractivity contribution is 5.88. The van der Waals surface area contributed by atoms with E-state index < -0.39 is 12.1 Å². The van der Waals surface area contributed by atoms with Gasteiger partial charge in [-0.05, 0) is 35.2 Å². The number of benzene rings is 2.